The maximum absolute atomic E-state index is 12.3. The summed E-state index contributed by atoms with van der Waals surface area (Å²) in [6, 6.07) is 14.0. The molecule has 0 saturated carbocycles. The third-order valence-electron chi connectivity index (χ3n) is 4.36. The molecule has 1 aliphatic rings. The van der Waals surface area contributed by atoms with Gasteiger partial charge in [0.15, 0.2) is 5.78 Å². The number of carbonyl (C=O) groups excluding carboxylic acids is 3. The summed E-state index contributed by atoms with van der Waals surface area (Å²) in [4.78, 5) is 35.8. The molecule has 0 spiro atoms. The van der Waals surface area contributed by atoms with Crippen LogP contribution in [0.2, 0.25) is 0 Å². The lowest BCUT2D eigenvalue weighted by Crippen LogP contribution is -2.50. The first-order valence-electron chi connectivity index (χ1n) is 8.35. The molecule has 1 saturated heterocycles. The molecule has 2 amide bonds. The molecule has 1 heterocycles. The van der Waals surface area contributed by atoms with Crippen molar-refractivity contribution in [3.8, 4) is 11.1 Å². The Labute approximate surface area is 146 Å². The number of nitrogens with one attached hydrogen (secondary N) is 2. The lowest BCUT2D eigenvalue weighted by molar-refractivity contribution is -0.124. The van der Waals surface area contributed by atoms with Crippen LogP contribution in [0.15, 0.2) is 48.5 Å². The Morgan fingerprint density at radius 3 is 2.48 bits per heavy atom. The molecule has 0 aromatic heterocycles. The second-order valence-corrected chi connectivity index (χ2v) is 6.14. The van der Waals surface area contributed by atoms with E-state index in [1.807, 2.05) is 30.3 Å². The van der Waals surface area contributed by atoms with E-state index in [0.717, 1.165) is 17.5 Å². The van der Waals surface area contributed by atoms with Gasteiger partial charge in [-0.1, -0.05) is 36.4 Å². The van der Waals surface area contributed by atoms with Crippen LogP contribution in [-0.4, -0.2) is 30.2 Å². The Bertz CT molecular complexity index is 812. The largest absolute Gasteiger partial charge is 0.354 e. The van der Waals surface area contributed by atoms with Gasteiger partial charge >= 0.3 is 0 Å². The van der Waals surface area contributed by atoms with E-state index in [4.69, 9.17) is 0 Å². The van der Waals surface area contributed by atoms with Gasteiger partial charge < -0.3 is 10.6 Å². The summed E-state index contributed by atoms with van der Waals surface area (Å²) < 4.78 is 0. The molecule has 1 atom stereocenters. The van der Waals surface area contributed by atoms with Gasteiger partial charge in [0.1, 0.15) is 6.04 Å². The zero-order chi connectivity index (χ0) is 17.8. The molecule has 1 fully saturated rings. The molecular weight excluding hydrogens is 316 g/mol. The van der Waals surface area contributed by atoms with E-state index in [1.54, 1.807) is 18.2 Å². The molecule has 5 nitrogen and oxygen atoms in total. The van der Waals surface area contributed by atoms with Gasteiger partial charge in [0.25, 0.3) is 5.91 Å². The predicted molar refractivity (Wildman–Crippen MR) is 95.4 cm³/mol. The van der Waals surface area contributed by atoms with Crippen molar-refractivity contribution in [3.63, 3.8) is 0 Å². The first-order valence-corrected chi connectivity index (χ1v) is 8.35. The number of Topliss-reactive ketones (excluding diaryl/α,β-unsaturated/α-hetero) is 1. The van der Waals surface area contributed by atoms with Crippen LogP contribution < -0.4 is 10.6 Å². The molecule has 25 heavy (non-hydrogen) atoms. The van der Waals surface area contributed by atoms with E-state index in [2.05, 4.69) is 10.6 Å². The van der Waals surface area contributed by atoms with Crippen LogP contribution >= 0.6 is 0 Å². The van der Waals surface area contributed by atoms with Crippen LogP contribution in [0.25, 0.3) is 11.1 Å². The van der Waals surface area contributed by atoms with Gasteiger partial charge in [0, 0.05) is 17.7 Å². The van der Waals surface area contributed by atoms with Crippen molar-refractivity contribution in [2.45, 2.75) is 25.8 Å². The lowest BCUT2D eigenvalue weighted by atomic mass is 9.96. The van der Waals surface area contributed by atoms with E-state index < -0.39 is 6.04 Å². The Kier molecular flexibility index (Phi) is 4.93. The van der Waals surface area contributed by atoms with Crippen LogP contribution in [-0.2, 0) is 4.79 Å². The minimum absolute atomic E-state index is 0.000676. The monoisotopic (exact) mass is 336 g/mol. The van der Waals surface area contributed by atoms with Gasteiger partial charge in [-0.25, -0.2) is 0 Å². The number of rotatable bonds is 4. The Balaban J connectivity index is 1.77. The fourth-order valence-electron chi connectivity index (χ4n) is 2.99. The fraction of sp³-hybridized carbons (Fsp3) is 0.250. The normalized spacial score (nSPS) is 16.8. The first-order chi connectivity index (χ1) is 12.1. The molecule has 2 aromatic rings. The van der Waals surface area contributed by atoms with Gasteiger partial charge in [-0.15, -0.1) is 0 Å². The molecular formula is C20H20N2O3. The summed E-state index contributed by atoms with van der Waals surface area (Å²) in [5.74, 6) is -0.402. The number of piperidine rings is 1. The lowest BCUT2D eigenvalue weighted by Gasteiger charge is -2.22. The van der Waals surface area contributed by atoms with Gasteiger partial charge in [-0.2, -0.15) is 0 Å². The number of hydrogen-bond donors (Lipinski definition) is 2. The number of ketones is 1. The summed E-state index contributed by atoms with van der Waals surface area (Å²) in [7, 11) is 0. The van der Waals surface area contributed by atoms with Crippen LogP contribution in [0.3, 0.4) is 0 Å². The van der Waals surface area contributed by atoms with Crippen molar-refractivity contribution < 1.29 is 14.4 Å². The van der Waals surface area contributed by atoms with Gasteiger partial charge in [-0.3, -0.25) is 14.4 Å². The highest BCUT2D eigenvalue weighted by Crippen LogP contribution is 2.24. The van der Waals surface area contributed by atoms with E-state index in [1.165, 1.54) is 6.92 Å². The van der Waals surface area contributed by atoms with Crippen LogP contribution in [0.1, 0.15) is 40.5 Å². The standard InChI is InChI=1S/C20H20N2O3/c1-13(23)16-5-2-3-6-17(16)14-8-10-15(11-9-14)19(24)22-18-7-4-12-21-20(18)25/h2-3,5-6,8-11,18H,4,7,12H2,1H3,(H,21,25)(H,22,24)/t18-/m1/s1. The maximum atomic E-state index is 12.3. The summed E-state index contributed by atoms with van der Waals surface area (Å²) in [5, 5.41) is 5.52. The van der Waals surface area contributed by atoms with Gasteiger partial charge in [-0.05, 0) is 43.0 Å². The average molecular weight is 336 g/mol. The SMILES string of the molecule is CC(=O)c1ccccc1-c1ccc(C(=O)N[C@@H]2CCCNC2=O)cc1. The molecule has 0 unspecified atom stereocenters. The van der Waals surface area contributed by atoms with Crippen molar-refractivity contribution in [2.24, 2.45) is 0 Å². The number of benzene rings is 2. The summed E-state index contributed by atoms with van der Waals surface area (Å²) in [6.07, 6.45) is 1.51. The highest BCUT2D eigenvalue weighted by molar-refractivity contribution is 6.01. The molecule has 5 heteroatoms. The van der Waals surface area contributed by atoms with Crippen molar-refractivity contribution in [3.05, 3.63) is 59.7 Å². The molecule has 128 valence electrons. The molecule has 0 bridgehead atoms. The van der Waals surface area contributed by atoms with E-state index in [9.17, 15) is 14.4 Å². The highest BCUT2D eigenvalue weighted by atomic mass is 16.2. The van der Waals surface area contributed by atoms with Crippen LogP contribution in [0.5, 0.6) is 0 Å². The second-order valence-electron chi connectivity index (χ2n) is 6.14. The van der Waals surface area contributed by atoms with Crippen molar-refractivity contribution in [2.75, 3.05) is 6.54 Å². The Hall–Kier alpha value is -2.95. The third kappa shape index (κ3) is 3.76. The summed E-state index contributed by atoms with van der Waals surface area (Å²) in [6.45, 7) is 2.20. The number of carbonyl (C=O) groups is 3. The minimum Gasteiger partial charge on any atom is -0.354 e. The molecule has 2 aromatic carbocycles. The smallest absolute Gasteiger partial charge is 0.251 e. The number of hydrogen-bond acceptors (Lipinski definition) is 3. The fourth-order valence-corrected chi connectivity index (χ4v) is 2.99. The average Bonchev–Trinajstić information content (AvgIpc) is 2.63. The maximum Gasteiger partial charge on any atom is 0.251 e. The topological polar surface area (TPSA) is 75.3 Å². The van der Waals surface area contributed by atoms with E-state index >= 15 is 0 Å². The Morgan fingerprint density at radius 2 is 1.80 bits per heavy atom. The molecule has 0 radical (unpaired) electrons. The van der Waals surface area contributed by atoms with Crippen LogP contribution in [0, 0.1) is 0 Å². The second kappa shape index (κ2) is 7.30. The third-order valence-corrected chi connectivity index (χ3v) is 4.36. The van der Waals surface area contributed by atoms with Crippen molar-refractivity contribution in [1.82, 2.24) is 10.6 Å². The zero-order valence-electron chi connectivity index (χ0n) is 14.0. The van der Waals surface area contributed by atoms with Crippen molar-refractivity contribution in [1.29, 1.82) is 0 Å². The molecule has 1 aliphatic heterocycles. The molecule has 0 aliphatic carbocycles. The van der Waals surface area contributed by atoms with Gasteiger partial charge in [0.05, 0.1) is 0 Å². The Morgan fingerprint density at radius 1 is 1.08 bits per heavy atom. The van der Waals surface area contributed by atoms with E-state index in [-0.39, 0.29) is 17.6 Å². The minimum atomic E-state index is -0.473. The van der Waals surface area contributed by atoms with E-state index in [0.29, 0.717) is 24.1 Å². The number of amides is 2. The van der Waals surface area contributed by atoms with Crippen molar-refractivity contribution >= 4 is 17.6 Å². The summed E-state index contributed by atoms with van der Waals surface area (Å²) in [5.41, 5.74) is 2.85. The quantitative estimate of drug-likeness (QED) is 0.843. The molecule has 3 rings (SSSR count). The first kappa shape index (κ1) is 16.9. The predicted octanol–water partition coefficient (Wildman–Crippen LogP) is 2.56. The van der Waals surface area contributed by atoms with Gasteiger partial charge in [0.2, 0.25) is 5.91 Å². The van der Waals surface area contributed by atoms with Crippen LogP contribution in [0.4, 0.5) is 0 Å². The molecule has 2 N–H and O–H groups in total. The zero-order valence-corrected chi connectivity index (χ0v) is 14.0. The summed E-state index contributed by atoms with van der Waals surface area (Å²) >= 11 is 0. The highest BCUT2D eigenvalue weighted by Gasteiger charge is 2.24.